The fourth-order valence-electron chi connectivity index (χ4n) is 3.42. The summed E-state index contributed by atoms with van der Waals surface area (Å²) in [4.78, 5) is 63.2. The minimum absolute atomic E-state index is 0.00833. The van der Waals surface area contributed by atoms with Gasteiger partial charge in [-0.2, -0.15) is 0 Å². The van der Waals surface area contributed by atoms with E-state index in [1.165, 1.54) is 30.6 Å². The molecule has 1 N–H and O–H groups in total. The molecule has 0 saturated carbocycles. The number of esters is 1. The summed E-state index contributed by atoms with van der Waals surface area (Å²) in [5.74, 6) is -2.89. The van der Waals surface area contributed by atoms with Crippen molar-refractivity contribution < 1.29 is 33.4 Å². The molecule has 2 aromatic carbocycles. The molecule has 3 aromatic rings. The lowest BCUT2D eigenvalue weighted by Crippen LogP contribution is -2.33. The Morgan fingerprint density at radius 2 is 1.68 bits per heavy atom. The molecule has 0 spiro atoms. The van der Waals surface area contributed by atoms with Crippen LogP contribution in [0.15, 0.2) is 60.0 Å². The predicted octanol–water partition coefficient (Wildman–Crippen LogP) is 2.67. The summed E-state index contributed by atoms with van der Waals surface area (Å²) in [5, 5.41) is 3.83. The Bertz CT molecular complexity index is 1270. The molecule has 0 fully saturated rings. The first-order valence-corrected chi connectivity index (χ1v) is 10.9. The van der Waals surface area contributed by atoms with Crippen LogP contribution in [0.2, 0.25) is 0 Å². The lowest BCUT2D eigenvalue weighted by atomic mass is 10.1. The van der Waals surface area contributed by atoms with Crippen molar-refractivity contribution in [2.45, 2.75) is 6.54 Å². The molecule has 1 aliphatic rings. The number of fused-ring (bicyclic) bond motifs is 1. The molecule has 34 heavy (non-hydrogen) atoms. The van der Waals surface area contributed by atoms with Gasteiger partial charge in [-0.1, -0.05) is 24.3 Å². The average Bonchev–Trinajstić information content (AvgIpc) is 3.47. The van der Waals surface area contributed by atoms with Crippen LogP contribution in [0.25, 0.3) is 0 Å². The second-order valence-corrected chi connectivity index (χ2v) is 8.16. The number of ether oxygens (including phenoxy) is 2. The summed E-state index contributed by atoms with van der Waals surface area (Å²) in [7, 11) is 1.36. The third-order valence-electron chi connectivity index (χ3n) is 5.03. The minimum Gasteiger partial charge on any atom is -0.496 e. The third kappa shape index (κ3) is 4.57. The Kier molecular flexibility index (Phi) is 6.51. The fraction of sp³-hybridized carbons (Fsp3) is 0.125. The van der Waals surface area contributed by atoms with E-state index in [0.29, 0.717) is 21.6 Å². The van der Waals surface area contributed by atoms with E-state index < -0.39 is 36.2 Å². The smallest absolute Gasteiger partial charge is 0.342 e. The van der Waals surface area contributed by atoms with Gasteiger partial charge in [0.05, 0.1) is 29.7 Å². The number of thiophene rings is 1. The molecule has 172 valence electrons. The number of rotatable bonds is 7. The molecule has 0 unspecified atom stereocenters. The average molecular weight is 478 g/mol. The van der Waals surface area contributed by atoms with Crippen molar-refractivity contribution in [1.82, 2.24) is 10.2 Å². The number of methoxy groups -OCH3 is 1. The van der Waals surface area contributed by atoms with E-state index in [0.717, 1.165) is 4.90 Å². The van der Waals surface area contributed by atoms with E-state index >= 15 is 0 Å². The van der Waals surface area contributed by atoms with Crippen molar-refractivity contribution in [2.75, 3.05) is 13.7 Å². The molecule has 0 atom stereocenters. The van der Waals surface area contributed by atoms with Crippen molar-refractivity contribution in [3.63, 3.8) is 0 Å². The number of imide groups is 2. The molecule has 2 heterocycles. The van der Waals surface area contributed by atoms with Gasteiger partial charge in [0.2, 0.25) is 0 Å². The van der Waals surface area contributed by atoms with Gasteiger partial charge in [-0.05, 0) is 41.3 Å². The van der Waals surface area contributed by atoms with Gasteiger partial charge < -0.3 is 9.47 Å². The maximum atomic E-state index is 12.6. The van der Waals surface area contributed by atoms with Gasteiger partial charge in [0.15, 0.2) is 6.61 Å². The number of benzene rings is 2. The second kappa shape index (κ2) is 9.67. The van der Waals surface area contributed by atoms with E-state index in [1.54, 1.807) is 47.8 Å². The summed E-state index contributed by atoms with van der Waals surface area (Å²) in [6, 6.07) is 14.3. The number of nitrogens with one attached hydrogen (secondary N) is 1. The van der Waals surface area contributed by atoms with E-state index in [4.69, 9.17) is 9.47 Å². The Morgan fingerprint density at radius 3 is 2.29 bits per heavy atom. The molecule has 0 radical (unpaired) electrons. The van der Waals surface area contributed by atoms with Gasteiger partial charge in [-0.15, -0.1) is 11.3 Å². The van der Waals surface area contributed by atoms with E-state index in [9.17, 15) is 24.0 Å². The van der Waals surface area contributed by atoms with Crippen LogP contribution in [-0.2, 0) is 16.1 Å². The standard InChI is InChI=1S/C24H18N2O7S/c1-32-18-9-8-14(12-26-22(29)15-5-2-3-6-16(15)23(26)30)11-17(18)24(31)33-13-20(27)25-21(28)19-7-4-10-34-19/h2-11H,12-13H2,1H3,(H,25,27,28). The molecule has 10 heteroatoms. The highest BCUT2D eigenvalue weighted by Crippen LogP contribution is 2.26. The highest BCUT2D eigenvalue weighted by atomic mass is 32.1. The number of carbonyl (C=O) groups is 5. The Hall–Kier alpha value is -4.31. The van der Waals surface area contributed by atoms with Gasteiger partial charge in [0.25, 0.3) is 23.6 Å². The van der Waals surface area contributed by atoms with Crippen LogP contribution in [-0.4, -0.2) is 48.2 Å². The number of hydrogen-bond donors (Lipinski definition) is 1. The molecule has 1 aromatic heterocycles. The van der Waals surface area contributed by atoms with E-state index in [-0.39, 0.29) is 17.9 Å². The zero-order chi connectivity index (χ0) is 24.2. The largest absolute Gasteiger partial charge is 0.496 e. The maximum absolute atomic E-state index is 12.6. The van der Waals surface area contributed by atoms with Gasteiger partial charge in [0, 0.05) is 0 Å². The van der Waals surface area contributed by atoms with Crippen molar-refractivity contribution in [3.05, 3.63) is 87.1 Å². The van der Waals surface area contributed by atoms with Crippen LogP contribution in [0.4, 0.5) is 0 Å². The lowest BCUT2D eigenvalue weighted by Gasteiger charge is -2.16. The molecule has 0 saturated heterocycles. The normalized spacial score (nSPS) is 12.3. The highest BCUT2D eigenvalue weighted by Gasteiger charge is 2.35. The van der Waals surface area contributed by atoms with E-state index in [1.807, 2.05) is 0 Å². The zero-order valence-electron chi connectivity index (χ0n) is 17.9. The third-order valence-corrected chi connectivity index (χ3v) is 5.90. The molecule has 0 aliphatic carbocycles. The van der Waals surface area contributed by atoms with E-state index in [2.05, 4.69) is 5.32 Å². The summed E-state index contributed by atoms with van der Waals surface area (Å²) in [6.07, 6.45) is 0. The van der Waals surface area contributed by atoms with Crippen molar-refractivity contribution in [1.29, 1.82) is 0 Å². The molecule has 1 aliphatic heterocycles. The summed E-state index contributed by atoms with van der Waals surface area (Å²) in [5.41, 5.74) is 1.14. The lowest BCUT2D eigenvalue weighted by molar-refractivity contribution is -0.123. The summed E-state index contributed by atoms with van der Waals surface area (Å²) >= 11 is 1.17. The quantitative estimate of drug-likeness (QED) is 0.410. The molecular weight excluding hydrogens is 460 g/mol. The van der Waals surface area contributed by atoms with Crippen LogP contribution in [0.5, 0.6) is 5.75 Å². The first-order chi connectivity index (χ1) is 16.4. The van der Waals surface area contributed by atoms with Gasteiger partial charge >= 0.3 is 5.97 Å². The predicted molar refractivity (Wildman–Crippen MR) is 121 cm³/mol. The van der Waals surface area contributed by atoms with Gasteiger partial charge in [-0.3, -0.25) is 29.4 Å². The molecular formula is C24H18N2O7S. The van der Waals surface area contributed by atoms with Crippen molar-refractivity contribution >= 4 is 40.9 Å². The monoisotopic (exact) mass is 478 g/mol. The Balaban J connectivity index is 1.43. The topological polar surface area (TPSA) is 119 Å². The van der Waals surface area contributed by atoms with Crippen LogP contribution in [0.3, 0.4) is 0 Å². The SMILES string of the molecule is COc1ccc(CN2C(=O)c3ccccc3C2=O)cc1C(=O)OCC(=O)NC(=O)c1cccs1. The maximum Gasteiger partial charge on any atom is 0.342 e. The second-order valence-electron chi connectivity index (χ2n) is 7.21. The molecule has 4 amide bonds. The minimum atomic E-state index is -0.861. The van der Waals surface area contributed by atoms with Gasteiger partial charge in [-0.25, -0.2) is 4.79 Å². The first-order valence-electron chi connectivity index (χ1n) is 10.1. The Labute approximate surface area is 197 Å². The number of amides is 4. The van der Waals surface area contributed by atoms with Crippen LogP contribution in [0.1, 0.15) is 46.3 Å². The highest BCUT2D eigenvalue weighted by molar-refractivity contribution is 7.12. The number of nitrogens with zero attached hydrogens (tertiary/aromatic N) is 1. The van der Waals surface area contributed by atoms with Crippen LogP contribution >= 0.6 is 11.3 Å². The summed E-state index contributed by atoms with van der Waals surface area (Å²) in [6.45, 7) is -0.742. The zero-order valence-corrected chi connectivity index (χ0v) is 18.7. The molecule has 0 bridgehead atoms. The summed E-state index contributed by atoms with van der Waals surface area (Å²) < 4.78 is 10.2. The number of carbonyl (C=O) groups excluding carboxylic acids is 5. The molecule has 4 rings (SSSR count). The van der Waals surface area contributed by atoms with Crippen molar-refractivity contribution in [3.8, 4) is 5.75 Å². The van der Waals surface area contributed by atoms with Crippen LogP contribution < -0.4 is 10.1 Å². The Morgan fingerprint density at radius 1 is 0.971 bits per heavy atom. The molecule has 9 nitrogen and oxygen atoms in total. The first kappa shape index (κ1) is 22.9. The van der Waals surface area contributed by atoms with Crippen molar-refractivity contribution in [2.24, 2.45) is 0 Å². The fourth-order valence-corrected chi connectivity index (χ4v) is 4.04. The van der Waals surface area contributed by atoms with Gasteiger partial charge in [0.1, 0.15) is 11.3 Å². The number of hydrogen-bond acceptors (Lipinski definition) is 8. The van der Waals surface area contributed by atoms with Crippen LogP contribution in [0, 0.1) is 0 Å².